The van der Waals surface area contributed by atoms with Crippen LogP contribution in [-0.2, 0) is 9.59 Å². The van der Waals surface area contributed by atoms with E-state index in [2.05, 4.69) is 0 Å². The van der Waals surface area contributed by atoms with Crippen molar-refractivity contribution in [2.45, 2.75) is 78.3 Å². The van der Waals surface area contributed by atoms with E-state index in [0.717, 1.165) is 25.7 Å². The van der Waals surface area contributed by atoms with E-state index in [-0.39, 0.29) is 11.9 Å². The first-order valence-electron chi connectivity index (χ1n) is 7.15. The first-order valence-corrected chi connectivity index (χ1v) is 7.15. The Morgan fingerprint density at radius 1 is 1.05 bits per heavy atom. The zero-order valence-corrected chi connectivity index (χ0v) is 12.8. The Hall–Kier alpha value is -1.06. The highest BCUT2D eigenvalue weighted by molar-refractivity contribution is 5.86. The van der Waals surface area contributed by atoms with Crippen LogP contribution >= 0.6 is 0 Å². The van der Waals surface area contributed by atoms with E-state index in [1.54, 1.807) is 11.8 Å². The number of rotatable bonds is 3. The molecule has 0 aromatic heterocycles. The third kappa shape index (κ3) is 2.93. The van der Waals surface area contributed by atoms with Crippen molar-refractivity contribution in [3.05, 3.63) is 0 Å². The predicted molar refractivity (Wildman–Crippen MR) is 74.9 cm³/mol. The van der Waals surface area contributed by atoms with Crippen LogP contribution in [0.1, 0.15) is 66.7 Å². The van der Waals surface area contributed by atoms with Gasteiger partial charge in [-0.3, -0.25) is 4.79 Å². The predicted octanol–water partition coefficient (Wildman–Crippen LogP) is 3.06. The lowest BCUT2D eigenvalue weighted by Crippen LogP contribution is -2.65. The number of hydrogen-bond donors (Lipinski definition) is 1. The van der Waals surface area contributed by atoms with Crippen molar-refractivity contribution in [1.29, 1.82) is 0 Å². The Kier molecular flexibility index (Phi) is 4.64. The van der Waals surface area contributed by atoms with E-state index >= 15 is 0 Å². The third-order valence-electron chi connectivity index (χ3n) is 4.64. The van der Waals surface area contributed by atoms with Crippen molar-refractivity contribution in [3.8, 4) is 0 Å². The van der Waals surface area contributed by atoms with Crippen LogP contribution in [0.2, 0.25) is 0 Å². The van der Waals surface area contributed by atoms with Crippen LogP contribution in [0, 0.1) is 5.41 Å². The number of carbonyl (C=O) groups excluding carboxylic acids is 1. The fraction of sp³-hybridized carbons (Fsp3) is 0.867. The van der Waals surface area contributed by atoms with Crippen LogP contribution in [0.3, 0.4) is 0 Å². The van der Waals surface area contributed by atoms with Gasteiger partial charge in [0.1, 0.15) is 5.54 Å². The first-order chi connectivity index (χ1) is 8.62. The second-order valence-electron chi connectivity index (χ2n) is 6.81. The van der Waals surface area contributed by atoms with Gasteiger partial charge in [0.25, 0.3) is 0 Å². The van der Waals surface area contributed by atoms with E-state index in [9.17, 15) is 14.7 Å². The van der Waals surface area contributed by atoms with Gasteiger partial charge in [0, 0.05) is 13.0 Å². The molecule has 4 nitrogen and oxygen atoms in total. The topological polar surface area (TPSA) is 57.6 Å². The molecule has 1 atom stereocenters. The molecule has 0 bridgehead atoms. The minimum Gasteiger partial charge on any atom is -0.479 e. The van der Waals surface area contributed by atoms with E-state index in [4.69, 9.17) is 0 Å². The third-order valence-corrected chi connectivity index (χ3v) is 4.64. The quantitative estimate of drug-likeness (QED) is 0.856. The molecule has 0 saturated heterocycles. The van der Waals surface area contributed by atoms with Crippen molar-refractivity contribution in [1.82, 2.24) is 4.90 Å². The number of carbonyl (C=O) groups is 2. The van der Waals surface area contributed by atoms with Crippen LogP contribution in [0.15, 0.2) is 0 Å². The maximum Gasteiger partial charge on any atom is 0.329 e. The lowest BCUT2D eigenvalue weighted by Gasteiger charge is -2.50. The van der Waals surface area contributed by atoms with Crippen LogP contribution in [0.5, 0.6) is 0 Å². The summed E-state index contributed by atoms with van der Waals surface area (Å²) in [6.07, 6.45) is 5.17. The Morgan fingerprint density at radius 2 is 1.53 bits per heavy atom. The van der Waals surface area contributed by atoms with E-state index in [1.807, 2.05) is 20.8 Å². The Morgan fingerprint density at radius 3 is 1.84 bits per heavy atom. The molecular formula is C15H27NO3. The number of aliphatic carboxylic acids is 1. The van der Waals surface area contributed by atoms with Crippen LogP contribution < -0.4 is 0 Å². The zero-order valence-electron chi connectivity index (χ0n) is 12.8. The highest BCUT2D eigenvalue weighted by atomic mass is 16.4. The molecule has 4 heteroatoms. The fourth-order valence-corrected chi connectivity index (χ4v) is 3.06. The maximum atomic E-state index is 12.1. The normalized spacial score (nSPS) is 20.7. The highest BCUT2D eigenvalue weighted by Gasteiger charge is 2.52. The molecule has 1 fully saturated rings. The smallest absolute Gasteiger partial charge is 0.329 e. The summed E-state index contributed by atoms with van der Waals surface area (Å²) in [5, 5.41) is 9.72. The summed E-state index contributed by atoms with van der Waals surface area (Å²) in [6.45, 7) is 8.84. The van der Waals surface area contributed by atoms with Gasteiger partial charge in [-0.25, -0.2) is 4.79 Å². The van der Waals surface area contributed by atoms with Crippen molar-refractivity contribution < 1.29 is 14.7 Å². The molecule has 0 spiro atoms. The molecule has 1 rings (SSSR count). The molecule has 0 unspecified atom stereocenters. The summed E-state index contributed by atoms with van der Waals surface area (Å²) in [7, 11) is 0. The standard InChI is InChI=1S/C15H27NO3/c1-11(17)16(12-9-7-6-8-10-12)15(5,13(18)19)14(2,3)4/h12H,6-10H2,1-5H3,(H,18,19)/t15-/m0/s1. The van der Waals surface area contributed by atoms with Gasteiger partial charge in [0.2, 0.25) is 5.91 Å². The molecule has 1 N–H and O–H groups in total. The van der Waals surface area contributed by atoms with Crippen molar-refractivity contribution in [2.75, 3.05) is 0 Å². The SMILES string of the molecule is CC(=O)N(C1CCCCC1)[C@@](C)(C(=O)O)C(C)(C)C. The summed E-state index contributed by atoms with van der Waals surface area (Å²) < 4.78 is 0. The van der Waals surface area contributed by atoms with E-state index < -0.39 is 16.9 Å². The lowest BCUT2D eigenvalue weighted by molar-refractivity contribution is -0.170. The van der Waals surface area contributed by atoms with Crippen LogP contribution in [-0.4, -0.2) is 33.5 Å². The van der Waals surface area contributed by atoms with Crippen LogP contribution in [0.4, 0.5) is 0 Å². The zero-order chi connectivity index (χ0) is 14.8. The molecule has 1 saturated carbocycles. The van der Waals surface area contributed by atoms with Gasteiger partial charge >= 0.3 is 5.97 Å². The van der Waals surface area contributed by atoms with Gasteiger partial charge in [-0.2, -0.15) is 0 Å². The molecule has 0 heterocycles. The van der Waals surface area contributed by atoms with Crippen molar-refractivity contribution in [2.24, 2.45) is 5.41 Å². The molecule has 1 amide bonds. The molecule has 0 radical (unpaired) electrons. The van der Waals surface area contributed by atoms with Gasteiger partial charge < -0.3 is 10.0 Å². The molecule has 0 aliphatic heterocycles. The average molecular weight is 269 g/mol. The number of nitrogens with zero attached hydrogens (tertiary/aromatic N) is 1. The summed E-state index contributed by atoms with van der Waals surface area (Å²) >= 11 is 0. The Bertz CT molecular complexity index is 353. The lowest BCUT2D eigenvalue weighted by atomic mass is 9.72. The summed E-state index contributed by atoms with van der Waals surface area (Å²) in [5.74, 6) is -1.05. The molecule has 0 aromatic carbocycles. The molecule has 110 valence electrons. The molecule has 1 aliphatic carbocycles. The van der Waals surface area contributed by atoms with Gasteiger partial charge in [0.15, 0.2) is 0 Å². The maximum absolute atomic E-state index is 12.1. The Balaban J connectivity index is 3.20. The Labute approximate surface area is 116 Å². The number of hydrogen-bond acceptors (Lipinski definition) is 2. The summed E-state index contributed by atoms with van der Waals surface area (Å²) in [6, 6.07) is 0.0616. The first kappa shape index (κ1) is 16.0. The highest BCUT2D eigenvalue weighted by Crippen LogP contribution is 2.40. The average Bonchev–Trinajstić information content (AvgIpc) is 2.28. The van der Waals surface area contributed by atoms with Crippen molar-refractivity contribution >= 4 is 11.9 Å². The van der Waals surface area contributed by atoms with Gasteiger partial charge in [-0.1, -0.05) is 40.0 Å². The van der Waals surface area contributed by atoms with Gasteiger partial charge in [-0.05, 0) is 25.2 Å². The second-order valence-corrected chi connectivity index (χ2v) is 6.81. The minimum atomic E-state index is -1.17. The van der Waals surface area contributed by atoms with E-state index in [1.165, 1.54) is 13.3 Å². The molecular weight excluding hydrogens is 242 g/mol. The van der Waals surface area contributed by atoms with Crippen molar-refractivity contribution in [3.63, 3.8) is 0 Å². The fourth-order valence-electron chi connectivity index (χ4n) is 3.06. The molecule has 19 heavy (non-hydrogen) atoms. The number of carboxylic acids is 1. The monoisotopic (exact) mass is 269 g/mol. The number of carboxylic acid groups (broad SMARTS) is 1. The summed E-state index contributed by atoms with van der Waals surface area (Å²) in [5.41, 5.74) is -1.68. The largest absolute Gasteiger partial charge is 0.479 e. The number of amides is 1. The van der Waals surface area contributed by atoms with Crippen LogP contribution in [0.25, 0.3) is 0 Å². The van der Waals surface area contributed by atoms with E-state index in [0.29, 0.717) is 0 Å². The van der Waals surface area contributed by atoms with Gasteiger partial charge in [-0.15, -0.1) is 0 Å². The van der Waals surface area contributed by atoms with Gasteiger partial charge in [0.05, 0.1) is 0 Å². The molecule has 0 aromatic rings. The summed E-state index contributed by atoms with van der Waals surface area (Å²) in [4.78, 5) is 25.6. The second kappa shape index (κ2) is 5.51. The minimum absolute atomic E-state index is 0.0616. The molecule has 1 aliphatic rings.